The van der Waals surface area contributed by atoms with Gasteiger partial charge in [-0.1, -0.05) is 0 Å². The Kier molecular flexibility index (Phi) is 21.3. The average Bonchev–Trinajstić information content (AvgIpc) is 3.20. The van der Waals surface area contributed by atoms with Crippen molar-refractivity contribution in [3.8, 4) is 0 Å². The number of aliphatic hydroxyl groups is 5. The van der Waals surface area contributed by atoms with E-state index in [0.717, 1.165) is 12.0 Å². The number of nitrogens with zero attached hydrogens (tertiary/aromatic N) is 1. The molecule has 0 bridgehead atoms. The van der Waals surface area contributed by atoms with Gasteiger partial charge in [-0.15, -0.1) is 0 Å². The fourth-order valence-corrected chi connectivity index (χ4v) is 8.28. The molecule has 0 spiro atoms. The van der Waals surface area contributed by atoms with E-state index in [1.165, 1.54) is 14.0 Å². The molecule has 25 nitrogen and oxygen atoms in total. The quantitative estimate of drug-likeness (QED) is 0.0755. The lowest BCUT2D eigenvalue weighted by molar-refractivity contribution is -0.305. The normalized spacial score (nSPS) is 28.9. The number of hydrogen-bond donors (Lipinski definition) is 10. The zero-order valence-corrected chi connectivity index (χ0v) is 44.4. The van der Waals surface area contributed by atoms with E-state index in [1.54, 1.807) is 89.2 Å². The predicted octanol–water partition coefficient (Wildman–Crippen LogP) is 0.800. The molecule has 5 amide bonds. The number of aliphatic hydroxyl groups excluding tert-OH is 4. The number of methoxy groups -OCH3 is 1. The average molecular weight is 1040 g/mol. The second kappa shape index (κ2) is 25.0. The third kappa shape index (κ3) is 19.3. The molecule has 3 rings (SSSR count). The van der Waals surface area contributed by atoms with E-state index in [9.17, 15) is 54.3 Å². The van der Waals surface area contributed by atoms with Crippen molar-refractivity contribution in [1.82, 2.24) is 31.5 Å². The molecule has 3 aliphatic rings. The smallest absolute Gasteiger partial charge is 0.410 e. The number of rotatable bonds is 16. The fourth-order valence-electron chi connectivity index (χ4n) is 8.28. The third-order valence-corrected chi connectivity index (χ3v) is 11.2. The van der Waals surface area contributed by atoms with Crippen molar-refractivity contribution in [3.63, 3.8) is 0 Å². The highest BCUT2D eigenvalue weighted by Gasteiger charge is 2.56. The van der Waals surface area contributed by atoms with Crippen LogP contribution in [-0.2, 0) is 47.5 Å². The summed E-state index contributed by atoms with van der Waals surface area (Å²) in [6.45, 7) is 20.0. The van der Waals surface area contributed by atoms with Crippen LogP contribution < -0.4 is 26.6 Å². The topological polar surface area (TPSA) is 341 Å². The molecule has 10 N–H and O–H groups in total. The maximum Gasteiger partial charge on any atom is 0.410 e. The summed E-state index contributed by atoms with van der Waals surface area (Å²) in [5.74, 6) is -2.99. The Morgan fingerprint density at radius 1 is 0.778 bits per heavy atom. The summed E-state index contributed by atoms with van der Waals surface area (Å²) in [4.78, 5) is 79.7. The van der Waals surface area contributed by atoms with Crippen molar-refractivity contribution in [3.05, 3.63) is 11.8 Å². The molecule has 0 radical (unpaired) electrons. The summed E-state index contributed by atoms with van der Waals surface area (Å²) in [5.41, 5.74) is -5.67. The summed E-state index contributed by atoms with van der Waals surface area (Å²) >= 11 is 0. The van der Waals surface area contributed by atoms with E-state index in [0.29, 0.717) is 0 Å². The van der Waals surface area contributed by atoms with E-state index in [1.807, 2.05) is 0 Å². The van der Waals surface area contributed by atoms with Crippen LogP contribution in [0.5, 0.6) is 0 Å². The molecule has 2 aliphatic heterocycles. The number of esters is 1. The first kappa shape index (κ1) is 61.5. The van der Waals surface area contributed by atoms with Gasteiger partial charge in [0.2, 0.25) is 5.91 Å². The van der Waals surface area contributed by atoms with Crippen LogP contribution in [0.2, 0.25) is 0 Å². The van der Waals surface area contributed by atoms with Gasteiger partial charge in [0.25, 0.3) is 0 Å². The molecule has 1 aliphatic carbocycles. The van der Waals surface area contributed by atoms with Crippen molar-refractivity contribution in [2.75, 3.05) is 40.4 Å². The van der Waals surface area contributed by atoms with Gasteiger partial charge in [0.1, 0.15) is 58.2 Å². The Hall–Kier alpha value is -4.76. The number of carbonyl (C=O) groups is 6. The molecule has 1 saturated heterocycles. The van der Waals surface area contributed by atoms with Gasteiger partial charge >= 0.3 is 30.3 Å². The van der Waals surface area contributed by atoms with Crippen LogP contribution in [0.1, 0.15) is 109 Å². The second-order valence-electron chi connectivity index (χ2n) is 22.5. The van der Waals surface area contributed by atoms with Crippen molar-refractivity contribution < 1.29 is 92.2 Å². The zero-order valence-electron chi connectivity index (χ0n) is 44.4. The molecule has 0 aromatic heterocycles. The zero-order chi connectivity index (χ0) is 54.9. The highest BCUT2D eigenvalue weighted by Crippen LogP contribution is 2.39. The first-order chi connectivity index (χ1) is 32.9. The van der Waals surface area contributed by atoms with Gasteiger partial charge < -0.3 is 94.9 Å². The SMILES string of the molecule is COC(=O)[C@@H](O)CNCC1=CC[C@@H](NC(=O)OC(C)(C)C)[C@@H](C2[C@@H](NC(=O)OC(C)(C)C)C[C@@H](NC(=O)[C@@H](O)CCNC(=O)OC(C)(C)C)[C@H](O[C@H]3OC[C@](C)(O)[C@H](N(C)C(=O)OC(C)(C)C)[C@H]3O)[C@H]2O)O1. The van der Waals surface area contributed by atoms with Gasteiger partial charge in [0.15, 0.2) is 12.4 Å². The van der Waals surface area contributed by atoms with Gasteiger partial charge in [-0.05, 0) is 115 Å². The molecule has 25 heteroatoms. The number of ether oxygens (including phenoxy) is 8. The highest BCUT2D eigenvalue weighted by atomic mass is 16.7. The van der Waals surface area contributed by atoms with Gasteiger partial charge in [-0.2, -0.15) is 0 Å². The molecule has 13 atom stereocenters. The number of alkyl carbamates (subject to hydrolysis) is 3. The molecule has 0 aromatic carbocycles. The number of likely N-dealkylation sites (N-methyl/N-ethyl adjacent to an activating group) is 1. The summed E-state index contributed by atoms with van der Waals surface area (Å²) in [7, 11) is 2.42. The number of amides is 5. The predicted molar refractivity (Wildman–Crippen MR) is 255 cm³/mol. The van der Waals surface area contributed by atoms with Crippen LogP contribution >= 0.6 is 0 Å². The monoisotopic (exact) mass is 1030 g/mol. The standard InChI is InChI=1S/C47H82N6O19/c1-43(2,3)69-39(60)49-19-18-28(54)36(58)50-27-20-26(52-41(62)71-45(7,8)9)30(31(56)34(27)68-38-32(57)35(47(13,64)23-66-38)53(14)42(63)72-46(10,11)12)33-25(51-40(61)70-44(4,5)6)17-16-24(67-33)21-48-22-29(55)37(59)65-15/h16,25-35,38,48,54-57,64H,17-23H2,1-15H3,(H,49,60)(H,50,58)(H,51,61)(H,52,62)/t25-,26+,27-,28+,29+,30?,31+,32-,33+,34+,35-,38-,47+/m1/s1. The van der Waals surface area contributed by atoms with Gasteiger partial charge in [0.05, 0.1) is 44.5 Å². The van der Waals surface area contributed by atoms with E-state index >= 15 is 0 Å². The van der Waals surface area contributed by atoms with Crippen LogP contribution in [0.25, 0.3) is 0 Å². The lowest BCUT2D eigenvalue weighted by atomic mass is 9.72. The van der Waals surface area contributed by atoms with E-state index < -0.39 is 144 Å². The number of hydrogen-bond acceptors (Lipinski definition) is 20. The molecule has 2 fully saturated rings. The minimum Gasteiger partial charge on any atom is -0.491 e. The Morgan fingerprint density at radius 2 is 1.32 bits per heavy atom. The summed E-state index contributed by atoms with van der Waals surface area (Å²) in [6, 6.07) is -5.05. The Balaban J connectivity index is 2.17. The summed E-state index contributed by atoms with van der Waals surface area (Å²) in [6.07, 6.45) is -14.2. The first-order valence-corrected chi connectivity index (χ1v) is 24.0. The molecule has 72 heavy (non-hydrogen) atoms. The fraction of sp³-hybridized carbons (Fsp3) is 0.830. The Labute approximate surface area is 421 Å². The second-order valence-corrected chi connectivity index (χ2v) is 22.5. The first-order valence-electron chi connectivity index (χ1n) is 24.0. The van der Waals surface area contributed by atoms with Gasteiger partial charge in [-0.3, -0.25) is 4.79 Å². The summed E-state index contributed by atoms with van der Waals surface area (Å²) in [5, 5.41) is 71.3. The minimum atomic E-state index is -1.90. The maximum atomic E-state index is 13.9. The lowest BCUT2D eigenvalue weighted by Crippen LogP contribution is -2.71. The van der Waals surface area contributed by atoms with Gasteiger partial charge in [-0.25, -0.2) is 24.0 Å². The Morgan fingerprint density at radius 3 is 1.86 bits per heavy atom. The lowest BCUT2D eigenvalue weighted by Gasteiger charge is -2.52. The number of carbonyl (C=O) groups excluding carboxylic acids is 6. The largest absolute Gasteiger partial charge is 0.491 e. The third-order valence-electron chi connectivity index (χ3n) is 11.2. The van der Waals surface area contributed by atoms with Crippen molar-refractivity contribution in [2.45, 2.75) is 204 Å². The highest BCUT2D eigenvalue weighted by molar-refractivity contribution is 5.81. The molecule has 1 unspecified atom stereocenters. The van der Waals surface area contributed by atoms with Crippen LogP contribution in [-0.4, -0.2) is 202 Å². The number of nitrogens with one attached hydrogen (secondary N) is 5. The van der Waals surface area contributed by atoms with E-state index in [-0.39, 0.29) is 44.7 Å². The molecule has 414 valence electrons. The van der Waals surface area contributed by atoms with Crippen LogP contribution in [0.4, 0.5) is 19.2 Å². The summed E-state index contributed by atoms with van der Waals surface area (Å²) < 4.78 is 45.5. The van der Waals surface area contributed by atoms with Crippen LogP contribution in [0.15, 0.2) is 11.8 Å². The molecular weight excluding hydrogens is 953 g/mol. The van der Waals surface area contributed by atoms with Crippen molar-refractivity contribution >= 4 is 36.2 Å². The van der Waals surface area contributed by atoms with Crippen molar-refractivity contribution in [1.29, 1.82) is 0 Å². The molecular formula is C47H82N6O19. The molecule has 2 heterocycles. The van der Waals surface area contributed by atoms with Crippen LogP contribution in [0.3, 0.4) is 0 Å². The molecule has 1 saturated carbocycles. The van der Waals surface area contributed by atoms with E-state index in [4.69, 9.17) is 33.2 Å². The van der Waals surface area contributed by atoms with Gasteiger partial charge in [0, 0.05) is 32.1 Å². The van der Waals surface area contributed by atoms with E-state index in [2.05, 4.69) is 31.3 Å². The minimum absolute atomic E-state index is 0.0380. The van der Waals surface area contributed by atoms with Crippen LogP contribution in [0, 0.1) is 5.92 Å². The molecule has 0 aromatic rings. The Bertz CT molecular complexity index is 1890. The van der Waals surface area contributed by atoms with Crippen molar-refractivity contribution in [2.24, 2.45) is 5.92 Å². The maximum absolute atomic E-state index is 13.9.